The molecule has 2 N–H and O–H groups in total. The molecule has 8 heteroatoms. The first-order valence-electron chi connectivity index (χ1n) is 10.1. The molecule has 166 valence electrons. The molecule has 1 amide bonds. The number of aldehydes is 1. The average Bonchev–Trinajstić information content (AvgIpc) is 2.91. The summed E-state index contributed by atoms with van der Waals surface area (Å²) in [7, 11) is 4.68. The number of carbonyl (C=O) groups is 2. The molecule has 0 spiro atoms. The zero-order valence-corrected chi connectivity index (χ0v) is 18.5. The number of ether oxygens (including phenoxy) is 1. The molecule has 2 heterocycles. The number of rotatable bonds is 5. The lowest BCUT2D eigenvalue weighted by Gasteiger charge is -2.23. The van der Waals surface area contributed by atoms with Gasteiger partial charge in [0.25, 0.3) is 5.91 Å². The molecule has 0 radical (unpaired) electrons. The highest BCUT2D eigenvalue weighted by Gasteiger charge is 2.27. The molecular weight excluding hydrogens is 408 g/mol. The number of amides is 1. The van der Waals surface area contributed by atoms with E-state index in [0.717, 1.165) is 24.8 Å². The van der Waals surface area contributed by atoms with E-state index in [1.54, 1.807) is 36.3 Å². The van der Waals surface area contributed by atoms with E-state index in [-0.39, 0.29) is 5.91 Å². The molecule has 1 aliphatic heterocycles. The monoisotopic (exact) mass is 434 g/mol. The van der Waals surface area contributed by atoms with Crippen LogP contribution in [0.4, 0.5) is 28.6 Å². The lowest BCUT2D eigenvalue weighted by Crippen LogP contribution is -2.25. The van der Waals surface area contributed by atoms with E-state index in [9.17, 15) is 9.59 Å². The molecule has 32 heavy (non-hydrogen) atoms. The van der Waals surface area contributed by atoms with E-state index < -0.39 is 0 Å². The Morgan fingerprint density at radius 2 is 1.78 bits per heavy atom. The second-order valence-electron chi connectivity index (χ2n) is 6.93. The third kappa shape index (κ3) is 4.26. The Kier molecular flexibility index (Phi) is 7.07. The smallest absolute Gasteiger partial charge is 0.260 e. The Bertz CT molecular complexity index is 1130. The third-order valence-electron chi connectivity index (χ3n) is 5.09. The molecule has 0 unspecified atom stereocenters. The standard InChI is InChI=1S/C23H22N4O3.CH4O/c1-4-30-21-11-15(14-28)9-10-17(21)25-22-12-19-20(13-24-22)27(3)23(29)16-7-5-6-8-18(16)26(19)2;1-2/h5-14H,4H2,1-3H3,(H,24,25);2H,1H3. The predicted molar refractivity (Wildman–Crippen MR) is 126 cm³/mol. The maximum atomic E-state index is 12.9. The highest BCUT2D eigenvalue weighted by atomic mass is 16.5. The van der Waals surface area contributed by atoms with Crippen molar-refractivity contribution in [3.05, 3.63) is 65.9 Å². The number of hydrogen-bond acceptors (Lipinski definition) is 7. The summed E-state index contributed by atoms with van der Waals surface area (Å²) in [5.74, 6) is 1.09. The minimum Gasteiger partial charge on any atom is -0.492 e. The van der Waals surface area contributed by atoms with Gasteiger partial charge >= 0.3 is 0 Å². The van der Waals surface area contributed by atoms with Crippen LogP contribution in [-0.4, -0.2) is 50.1 Å². The first-order valence-corrected chi connectivity index (χ1v) is 10.1. The van der Waals surface area contributed by atoms with Crippen molar-refractivity contribution in [1.82, 2.24) is 4.98 Å². The number of aliphatic hydroxyl groups is 1. The SMILES string of the molecule is CCOc1cc(C=O)ccc1Nc1cc2c(cn1)N(C)C(=O)c1ccccc1N2C.CO. The van der Waals surface area contributed by atoms with Gasteiger partial charge in [-0.3, -0.25) is 9.59 Å². The average molecular weight is 434 g/mol. The zero-order chi connectivity index (χ0) is 23.3. The zero-order valence-electron chi connectivity index (χ0n) is 18.5. The van der Waals surface area contributed by atoms with Gasteiger partial charge in [-0.05, 0) is 37.3 Å². The Morgan fingerprint density at radius 3 is 2.50 bits per heavy atom. The first-order chi connectivity index (χ1) is 15.5. The molecule has 0 aliphatic carbocycles. The van der Waals surface area contributed by atoms with E-state index in [1.807, 2.05) is 49.2 Å². The van der Waals surface area contributed by atoms with Gasteiger partial charge in [-0.1, -0.05) is 12.1 Å². The van der Waals surface area contributed by atoms with Crippen LogP contribution in [0, 0.1) is 0 Å². The summed E-state index contributed by atoms with van der Waals surface area (Å²) in [4.78, 5) is 32.1. The Hall–Kier alpha value is -3.91. The first kappa shape index (κ1) is 22.8. The predicted octanol–water partition coefficient (Wildman–Crippen LogP) is 4.00. The highest BCUT2D eigenvalue weighted by molar-refractivity contribution is 6.13. The maximum absolute atomic E-state index is 12.9. The van der Waals surface area contributed by atoms with Crippen molar-refractivity contribution >= 4 is 40.8 Å². The number of pyridine rings is 1. The van der Waals surface area contributed by atoms with E-state index in [2.05, 4.69) is 10.3 Å². The number of fused-ring (bicyclic) bond motifs is 2. The Labute approximate surface area is 187 Å². The molecule has 0 atom stereocenters. The minimum atomic E-state index is -0.0817. The number of hydrogen-bond donors (Lipinski definition) is 2. The van der Waals surface area contributed by atoms with Crippen LogP contribution in [0.5, 0.6) is 5.75 Å². The minimum absolute atomic E-state index is 0.0817. The van der Waals surface area contributed by atoms with Gasteiger partial charge in [0.05, 0.1) is 41.1 Å². The molecule has 3 aromatic rings. The Balaban J connectivity index is 0.00000141. The number of aliphatic hydroxyl groups excluding tert-OH is 1. The quantitative estimate of drug-likeness (QED) is 0.586. The summed E-state index contributed by atoms with van der Waals surface area (Å²) in [5.41, 5.74) is 4.26. The van der Waals surface area contributed by atoms with Crippen molar-refractivity contribution < 1.29 is 19.4 Å². The lowest BCUT2D eigenvalue weighted by atomic mass is 10.1. The summed E-state index contributed by atoms with van der Waals surface area (Å²) in [5, 5.41) is 10.3. The molecule has 0 saturated heterocycles. The molecule has 2 aromatic carbocycles. The van der Waals surface area contributed by atoms with Crippen molar-refractivity contribution in [2.24, 2.45) is 0 Å². The lowest BCUT2D eigenvalue weighted by molar-refractivity contribution is 0.0994. The fraction of sp³-hybridized carbons (Fsp3) is 0.208. The summed E-state index contributed by atoms with van der Waals surface area (Å²) >= 11 is 0. The van der Waals surface area contributed by atoms with E-state index in [4.69, 9.17) is 9.84 Å². The van der Waals surface area contributed by atoms with Crippen LogP contribution in [0.25, 0.3) is 0 Å². The van der Waals surface area contributed by atoms with Crippen molar-refractivity contribution in [3.63, 3.8) is 0 Å². The molecule has 0 saturated carbocycles. The summed E-state index contributed by atoms with van der Waals surface area (Å²) in [6.07, 6.45) is 2.46. The van der Waals surface area contributed by atoms with E-state index >= 15 is 0 Å². The number of para-hydroxylation sites is 1. The van der Waals surface area contributed by atoms with Gasteiger partial charge in [0.2, 0.25) is 0 Å². The molecule has 0 fully saturated rings. The maximum Gasteiger partial charge on any atom is 0.260 e. The van der Waals surface area contributed by atoms with Crippen LogP contribution in [0.2, 0.25) is 0 Å². The van der Waals surface area contributed by atoms with Gasteiger partial charge in [-0.2, -0.15) is 0 Å². The number of benzene rings is 2. The normalized spacial score (nSPS) is 12.1. The van der Waals surface area contributed by atoms with Crippen molar-refractivity contribution in [1.29, 1.82) is 0 Å². The van der Waals surface area contributed by atoms with Gasteiger partial charge in [-0.15, -0.1) is 0 Å². The molecule has 1 aliphatic rings. The van der Waals surface area contributed by atoms with Gasteiger partial charge < -0.3 is 25.0 Å². The molecule has 8 nitrogen and oxygen atoms in total. The summed E-state index contributed by atoms with van der Waals surface area (Å²) < 4.78 is 5.67. The number of carbonyl (C=O) groups excluding carboxylic acids is 2. The van der Waals surface area contributed by atoms with Crippen LogP contribution in [0.1, 0.15) is 27.6 Å². The van der Waals surface area contributed by atoms with Gasteiger partial charge in [0, 0.05) is 32.8 Å². The van der Waals surface area contributed by atoms with Gasteiger partial charge in [-0.25, -0.2) is 4.98 Å². The largest absolute Gasteiger partial charge is 0.492 e. The molecule has 1 aromatic heterocycles. The third-order valence-corrected chi connectivity index (χ3v) is 5.09. The van der Waals surface area contributed by atoms with Crippen molar-refractivity contribution in [3.8, 4) is 5.75 Å². The fourth-order valence-electron chi connectivity index (χ4n) is 3.53. The van der Waals surface area contributed by atoms with Crippen LogP contribution in [0.15, 0.2) is 54.7 Å². The van der Waals surface area contributed by atoms with Crippen LogP contribution >= 0.6 is 0 Å². The van der Waals surface area contributed by atoms with Crippen molar-refractivity contribution in [2.45, 2.75) is 6.92 Å². The topological polar surface area (TPSA) is 95.0 Å². The second-order valence-corrected chi connectivity index (χ2v) is 6.93. The summed E-state index contributed by atoms with van der Waals surface area (Å²) in [6, 6.07) is 14.6. The summed E-state index contributed by atoms with van der Waals surface area (Å²) in [6.45, 7) is 2.36. The number of nitrogens with one attached hydrogen (secondary N) is 1. The number of anilines is 5. The van der Waals surface area contributed by atoms with Crippen LogP contribution in [0.3, 0.4) is 0 Å². The van der Waals surface area contributed by atoms with E-state index in [1.165, 1.54) is 0 Å². The molecule has 4 rings (SSSR count). The highest BCUT2D eigenvalue weighted by Crippen LogP contribution is 2.40. The number of nitrogens with zero attached hydrogens (tertiary/aromatic N) is 3. The fourth-order valence-corrected chi connectivity index (χ4v) is 3.53. The number of aromatic nitrogens is 1. The van der Waals surface area contributed by atoms with Crippen LogP contribution in [-0.2, 0) is 0 Å². The second kappa shape index (κ2) is 9.93. The van der Waals surface area contributed by atoms with Crippen LogP contribution < -0.4 is 19.9 Å². The van der Waals surface area contributed by atoms with E-state index in [0.29, 0.717) is 40.7 Å². The van der Waals surface area contributed by atoms with Gasteiger partial charge in [0.1, 0.15) is 17.9 Å². The Morgan fingerprint density at radius 1 is 1.03 bits per heavy atom. The molecule has 0 bridgehead atoms. The van der Waals surface area contributed by atoms with Gasteiger partial charge in [0.15, 0.2) is 0 Å². The molecular formula is C24H26N4O4. The van der Waals surface area contributed by atoms with Crippen molar-refractivity contribution in [2.75, 3.05) is 42.9 Å².